The van der Waals surface area contributed by atoms with E-state index in [2.05, 4.69) is 26.1 Å². The molecule has 0 heterocycles. The van der Waals surface area contributed by atoms with Crippen LogP contribution in [0.3, 0.4) is 0 Å². The summed E-state index contributed by atoms with van der Waals surface area (Å²) in [6.45, 7) is 8.99. The standard InChI is InChI=1S/C20H25NO2/c1-15-9-5-6-10-16(15)13-21-19(22)14-23-18-12-8-7-11-17(18)20(2,3)4/h5-12H,13-14H2,1-4H3,(H,21,22). The normalized spacial score (nSPS) is 11.1. The van der Waals surface area contributed by atoms with Gasteiger partial charge in [0.25, 0.3) is 5.91 Å². The Labute approximate surface area is 138 Å². The second kappa shape index (κ2) is 7.32. The Kier molecular flexibility index (Phi) is 5.43. The van der Waals surface area contributed by atoms with Crippen molar-refractivity contribution >= 4 is 5.91 Å². The second-order valence-electron chi connectivity index (χ2n) is 6.74. The van der Waals surface area contributed by atoms with Crippen LogP contribution in [0.15, 0.2) is 48.5 Å². The number of nitrogens with one attached hydrogen (secondary N) is 1. The summed E-state index contributed by atoms with van der Waals surface area (Å²) in [5.41, 5.74) is 3.38. The number of amides is 1. The molecule has 0 aliphatic rings. The quantitative estimate of drug-likeness (QED) is 0.907. The number of benzene rings is 2. The van der Waals surface area contributed by atoms with E-state index in [0.717, 1.165) is 16.9 Å². The lowest BCUT2D eigenvalue weighted by Gasteiger charge is -2.22. The number of hydrogen-bond donors (Lipinski definition) is 1. The van der Waals surface area contributed by atoms with Gasteiger partial charge in [-0.1, -0.05) is 63.2 Å². The van der Waals surface area contributed by atoms with Gasteiger partial charge in [0.15, 0.2) is 6.61 Å². The van der Waals surface area contributed by atoms with Crippen molar-refractivity contribution in [1.29, 1.82) is 0 Å². The SMILES string of the molecule is Cc1ccccc1CNC(=O)COc1ccccc1C(C)(C)C. The minimum absolute atomic E-state index is 0.0196. The first kappa shape index (κ1) is 17.1. The molecule has 1 amide bonds. The largest absolute Gasteiger partial charge is 0.483 e. The smallest absolute Gasteiger partial charge is 0.258 e. The minimum atomic E-state index is -0.114. The summed E-state index contributed by atoms with van der Waals surface area (Å²) in [6.07, 6.45) is 0. The first-order valence-corrected chi connectivity index (χ1v) is 7.91. The van der Waals surface area contributed by atoms with Crippen molar-refractivity contribution in [1.82, 2.24) is 5.32 Å². The van der Waals surface area contributed by atoms with E-state index >= 15 is 0 Å². The van der Waals surface area contributed by atoms with Crippen molar-refractivity contribution in [2.75, 3.05) is 6.61 Å². The molecule has 0 bridgehead atoms. The molecule has 0 radical (unpaired) electrons. The third kappa shape index (κ3) is 4.85. The summed E-state index contributed by atoms with van der Waals surface area (Å²) in [6, 6.07) is 15.9. The first-order valence-electron chi connectivity index (χ1n) is 7.91. The van der Waals surface area contributed by atoms with Gasteiger partial charge in [0.05, 0.1) is 0 Å². The maximum atomic E-state index is 12.0. The lowest BCUT2D eigenvalue weighted by Crippen LogP contribution is -2.29. The number of carbonyl (C=O) groups excluding carboxylic acids is 1. The highest BCUT2D eigenvalue weighted by atomic mass is 16.5. The highest BCUT2D eigenvalue weighted by Gasteiger charge is 2.18. The third-order valence-corrected chi connectivity index (χ3v) is 3.79. The van der Waals surface area contributed by atoms with Gasteiger partial charge < -0.3 is 10.1 Å². The predicted octanol–water partition coefficient (Wildman–Crippen LogP) is 3.99. The zero-order valence-corrected chi connectivity index (χ0v) is 14.3. The molecule has 0 aliphatic carbocycles. The summed E-state index contributed by atoms with van der Waals surface area (Å²) in [5.74, 6) is 0.656. The molecule has 0 aliphatic heterocycles. The molecule has 3 heteroatoms. The van der Waals surface area contributed by atoms with Crippen LogP contribution in [-0.2, 0) is 16.8 Å². The Morgan fingerprint density at radius 1 is 1.04 bits per heavy atom. The lowest BCUT2D eigenvalue weighted by atomic mass is 9.86. The molecule has 3 nitrogen and oxygen atoms in total. The zero-order chi connectivity index (χ0) is 16.9. The van der Waals surface area contributed by atoms with Gasteiger partial charge in [0, 0.05) is 6.54 Å². The number of rotatable bonds is 5. The zero-order valence-electron chi connectivity index (χ0n) is 14.3. The van der Waals surface area contributed by atoms with E-state index in [1.165, 1.54) is 5.56 Å². The third-order valence-electron chi connectivity index (χ3n) is 3.79. The van der Waals surface area contributed by atoms with Gasteiger partial charge in [-0.3, -0.25) is 4.79 Å². The van der Waals surface area contributed by atoms with Crippen LogP contribution in [0.25, 0.3) is 0 Å². The van der Waals surface area contributed by atoms with E-state index < -0.39 is 0 Å². The molecule has 0 fully saturated rings. The Balaban J connectivity index is 1.92. The number of aryl methyl sites for hydroxylation is 1. The topological polar surface area (TPSA) is 38.3 Å². The number of para-hydroxylation sites is 1. The van der Waals surface area contributed by atoms with Gasteiger partial charge in [-0.2, -0.15) is 0 Å². The highest BCUT2D eigenvalue weighted by molar-refractivity contribution is 5.77. The lowest BCUT2D eigenvalue weighted by molar-refractivity contribution is -0.123. The van der Waals surface area contributed by atoms with Crippen LogP contribution in [0.1, 0.15) is 37.5 Å². The molecule has 23 heavy (non-hydrogen) atoms. The molecule has 0 saturated carbocycles. The predicted molar refractivity (Wildman–Crippen MR) is 93.7 cm³/mol. The van der Waals surface area contributed by atoms with Gasteiger partial charge in [0.1, 0.15) is 5.75 Å². The Morgan fingerprint density at radius 2 is 1.70 bits per heavy atom. The van der Waals surface area contributed by atoms with Crippen LogP contribution in [-0.4, -0.2) is 12.5 Å². The summed E-state index contributed by atoms with van der Waals surface area (Å²) >= 11 is 0. The van der Waals surface area contributed by atoms with E-state index in [1.54, 1.807) is 0 Å². The summed E-state index contributed by atoms with van der Waals surface area (Å²) < 4.78 is 5.73. The molecule has 0 unspecified atom stereocenters. The van der Waals surface area contributed by atoms with Crippen LogP contribution in [0.4, 0.5) is 0 Å². The minimum Gasteiger partial charge on any atom is -0.483 e. The van der Waals surface area contributed by atoms with Crippen LogP contribution in [0.5, 0.6) is 5.75 Å². The van der Waals surface area contributed by atoms with Crippen molar-refractivity contribution in [3.05, 3.63) is 65.2 Å². The van der Waals surface area contributed by atoms with Crippen molar-refractivity contribution in [2.24, 2.45) is 0 Å². The van der Waals surface area contributed by atoms with Gasteiger partial charge in [-0.05, 0) is 35.1 Å². The number of carbonyl (C=O) groups is 1. The fourth-order valence-electron chi connectivity index (χ4n) is 2.41. The maximum Gasteiger partial charge on any atom is 0.258 e. The number of ether oxygens (including phenoxy) is 1. The van der Waals surface area contributed by atoms with E-state index in [1.807, 2.05) is 55.5 Å². The van der Waals surface area contributed by atoms with Crippen molar-refractivity contribution in [2.45, 2.75) is 39.7 Å². The Hall–Kier alpha value is -2.29. The molecular formula is C20H25NO2. The number of hydrogen-bond acceptors (Lipinski definition) is 2. The molecule has 2 rings (SSSR count). The van der Waals surface area contributed by atoms with Gasteiger partial charge in [0.2, 0.25) is 0 Å². The van der Waals surface area contributed by atoms with Crippen LogP contribution >= 0.6 is 0 Å². The second-order valence-corrected chi connectivity index (χ2v) is 6.74. The Bertz CT molecular complexity index is 671. The fraction of sp³-hybridized carbons (Fsp3) is 0.350. The fourth-order valence-corrected chi connectivity index (χ4v) is 2.41. The van der Waals surface area contributed by atoms with Crippen molar-refractivity contribution in [3.8, 4) is 5.75 Å². The molecule has 2 aromatic carbocycles. The van der Waals surface area contributed by atoms with E-state index in [0.29, 0.717) is 6.54 Å². The molecule has 0 aromatic heterocycles. The molecular weight excluding hydrogens is 286 g/mol. The van der Waals surface area contributed by atoms with Crippen molar-refractivity contribution in [3.63, 3.8) is 0 Å². The van der Waals surface area contributed by atoms with Crippen LogP contribution < -0.4 is 10.1 Å². The summed E-state index contributed by atoms with van der Waals surface area (Å²) in [5, 5.41) is 2.90. The monoisotopic (exact) mass is 311 g/mol. The molecule has 0 spiro atoms. The van der Waals surface area contributed by atoms with Crippen LogP contribution in [0, 0.1) is 6.92 Å². The first-order chi connectivity index (χ1) is 10.9. The molecule has 122 valence electrons. The van der Waals surface area contributed by atoms with Gasteiger partial charge in [-0.15, -0.1) is 0 Å². The Morgan fingerprint density at radius 3 is 2.39 bits per heavy atom. The average molecular weight is 311 g/mol. The van der Waals surface area contributed by atoms with E-state index in [-0.39, 0.29) is 17.9 Å². The highest BCUT2D eigenvalue weighted by Crippen LogP contribution is 2.30. The van der Waals surface area contributed by atoms with Crippen LogP contribution in [0.2, 0.25) is 0 Å². The van der Waals surface area contributed by atoms with Gasteiger partial charge in [-0.25, -0.2) is 0 Å². The van der Waals surface area contributed by atoms with E-state index in [4.69, 9.17) is 4.74 Å². The molecule has 0 saturated heterocycles. The summed E-state index contributed by atoms with van der Waals surface area (Å²) in [4.78, 5) is 12.0. The summed E-state index contributed by atoms with van der Waals surface area (Å²) in [7, 11) is 0. The van der Waals surface area contributed by atoms with Crippen molar-refractivity contribution < 1.29 is 9.53 Å². The van der Waals surface area contributed by atoms with E-state index in [9.17, 15) is 4.79 Å². The molecule has 2 aromatic rings. The van der Waals surface area contributed by atoms with Gasteiger partial charge >= 0.3 is 0 Å². The average Bonchev–Trinajstić information content (AvgIpc) is 2.51. The molecule has 0 atom stereocenters. The molecule has 1 N–H and O–H groups in total. The maximum absolute atomic E-state index is 12.0.